The molecule has 0 amide bonds. The van der Waals surface area contributed by atoms with Crippen molar-refractivity contribution in [2.24, 2.45) is 0 Å². The van der Waals surface area contributed by atoms with Gasteiger partial charge in [0.15, 0.2) is 0 Å². The summed E-state index contributed by atoms with van der Waals surface area (Å²) in [6.45, 7) is 6.79. The van der Waals surface area contributed by atoms with Gasteiger partial charge in [0.25, 0.3) is 0 Å². The maximum absolute atomic E-state index is 10.3. The number of aromatic amines is 1. The van der Waals surface area contributed by atoms with E-state index >= 15 is 0 Å². The van der Waals surface area contributed by atoms with Gasteiger partial charge in [-0.1, -0.05) is 12.1 Å². The molecular weight excluding hydrogens is 243 g/mol. The largest absolute Gasteiger partial charge is 0.492 e. The fourth-order valence-electron chi connectivity index (χ4n) is 1.69. The zero-order valence-electron chi connectivity index (χ0n) is 11.6. The lowest BCUT2D eigenvalue weighted by Gasteiger charge is -2.38. The molecule has 0 saturated carbocycles. The maximum Gasteiger partial charge on any atom is 0.492 e. The number of nitrogens with zero attached hydrogens (tertiary/aromatic N) is 1. The molecular formula is C13H19BN2O3. The standard InChI is InChI=1S/C13H19BN2O3/c1-12(2,17)13(3,4)19-14(18)10-6-5-7-11-9(10)8-15-16-11/h5-8,17-18H,1-4H3,(H,15,16). The molecule has 19 heavy (non-hydrogen) atoms. The van der Waals surface area contributed by atoms with Gasteiger partial charge in [-0.25, -0.2) is 0 Å². The molecule has 0 bridgehead atoms. The number of aromatic nitrogens is 2. The van der Waals surface area contributed by atoms with Crippen molar-refractivity contribution in [3.63, 3.8) is 0 Å². The summed E-state index contributed by atoms with van der Waals surface area (Å²) in [5.74, 6) is 0. The highest BCUT2D eigenvalue weighted by Crippen LogP contribution is 2.25. The van der Waals surface area contributed by atoms with Gasteiger partial charge in [0.1, 0.15) is 0 Å². The second-order valence-electron chi connectivity index (χ2n) is 5.72. The van der Waals surface area contributed by atoms with E-state index in [0.29, 0.717) is 5.46 Å². The van der Waals surface area contributed by atoms with Gasteiger partial charge in [0, 0.05) is 5.39 Å². The second kappa shape index (κ2) is 4.63. The number of fused-ring (bicyclic) bond motifs is 1. The number of hydrogen-bond donors (Lipinski definition) is 3. The van der Waals surface area contributed by atoms with Crippen molar-refractivity contribution in [2.45, 2.75) is 38.9 Å². The third-order valence-corrected chi connectivity index (χ3v) is 3.66. The molecule has 0 aliphatic carbocycles. The zero-order valence-corrected chi connectivity index (χ0v) is 11.6. The molecule has 0 atom stereocenters. The third-order valence-electron chi connectivity index (χ3n) is 3.66. The highest BCUT2D eigenvalue weighted by atomic mass is 16.5. The van der Waals surface area contributed by atoms with Gasteiger partial charge < -0.3 is 14.8 Å². The van der Waals surface area contributed by atoms with Crippen LogP contribution in [0.4, 0.5) is 0 Å². The number of aliphatic hydroxyl groups is 1. The van der Waals surface area contributed by atoms with Crippen molar-refractivity contribution in [3.8, 4) is 0 Å². The Bertz CT molecular complexity index is 575. The number of H-pyrrole nitrogens is 1. The Balaban J connectivity index is 2.30. The number of hydrogen-bond acceptors (Lipinski definition) is 4. The topological polar surface area (TPSA) is 78.4 Å². The van der Waals surface area contributed by atoms with Crippen LogP contribution in [0.2, 0.25) is 0 Å². The van der Waals surface area contributed by atoms with Crippen LogP contribution < -0.4 is 5.46 Å². The number of nitrogens with one attached hydrogen (secondary N) is 1. The van der Waals surface area contributed by atoms with Gasteiger partial charge in [0.05, 0.1) is 22.9 Å². The lowest BCUT2D eigenvalue weighted by atomic mass is 9.75. The van der Waals surface area contributed by atoms with E-state index < -0.39 is 18.3 Å². The van der Waals surface area contributed by atoms with Crippen molar-refractivity contribution in [2.75, 3.05) is 0 Å². The highest BCUT2D eigenvalue weighted by molar-refractivity contribution is 6.63. The number of rotatable bonds is 4. The van der Waals surface area contributed by atoms with Crippen molar-refractivity contribution in [3.05, 3.63) is 24.4 Å². The summed E-state index contributed by atoms with van der Waals surface area (Å²) < 4.78 is 5.63. The molecule has 5 nitrogen and oxygen atoms in total. The summed E-state index contributed by atoms with van der Waals surface area (Å²) in [5, 5.41) is 27.9. The van der Waals surface area contributed by atoms with Crippen LogP contribution in [-0.2, 0) is 4.65 Å². The Labute approximate surface area is 112 Å². The lowest BCUT2D eigenvalue weighted by molar-refractivity contribution is -0.0982. The van der Waals surface area contributed by atoms with Crippen molar-refractivity contribution < 1.29 is 14.8 Å². The zero-order chi connectivity index (χ0) is 14.3. The molecule has 1 heterocycles. The first-order valence-corrected chi connectivity index (χ1v) is 6.22. The third kappa shape index (κ3) is 2.65. The molecule has 6 heteroatoms. The Morgan fingerprint density at radius 3 is 2.58 bits per heavy atom. The van der Waals surface area contributed by atoms with Gasteiger partial charge in [0.2, 0.25) is 0 Å². The van der Waals surface area contributed by atoms with E-state index in [1.165, 1.54) is 0 Å². The summed E-state index contributed by atoms with van der Waals surface area (Å²) in [7, 11) is -1.12. The molecule has 2 aromatic rings. The predicted molar refractivity (Wildman–Crippen MR) is 75.2 cm³/mol. The van der Waals surface area contributed by atoms with E-state index in [2.05, 4.69) is 10.2 Å². The average molecular weight is 262 g/mol. The summed E-state index contributed by atoms with van der Waals surface area (Å²) >= 11 is 0. The quantitative estimate of drug-likeness (QED) is 0.713. The summed E-state index contributed by atoms with van der Waals surface area (Å²) in [6.07, 6.45) is 1.65. The Kier molecular flexibility index (Phi) is 3.42. The van der Waals surface area contributed by atoms with E-state index in [4.69, 9.17) is 4.65 Å². The van der Waals surface area contributed by atoms with E-state index in [-0.39, 0.29) is 0 Å². The van der Waals surface area contributed by atoms with Crippen LogP contribution in [0.3, 0.4) is 0 Å². The fourth-order valence-corrected chi connectivity index (χ4v) is 1.69. The molecule has 0 unspecified atom stereocenters. The molecule has 0 aliphatic rings. The highest BCUT2D eigenvalue weighted by Gasteiger charge is 2.39. The minimum Gasteiger partial charge on any atom is -0.423 e. The van der Waals surface area contributed by atoms with Crippen LogP contribution in [-0.4, -0.2) is 38.6 Å². The number of benzene rings is 1. The molecule has 0 spiro atoms. The first kappa shape index (κ1) is 14.1. The Morgan fingerprint density at radius 2 is 1.95 bits per heavy atom. The Hall–Kier alpha value is -1.37. The van der Waals surface area contributed by atoms with Gasteiger partial charge in [-0.2, -0.15) is 5.10 Å². The minimum atomic E-state index is -1.12. The maximum atomic E-state index is 10.3. The SMILES string of the molecule is CC(C)(O)C(C)(C)OB(O)c1cccc2[nH]ncc12. The van der Waals surface area contributed by atoms with E-state index in [0.717, 1.165) is 10.9 Å². The van der Waals surface area contributed by atoms with E-state index in [9.17, 15) is 10.1 Å². The van der Waals surface area contributed by atoms with Crippen molar-refractivity contribution >= 4 is 23.5 Å². The normalized spacial score (nSPS) is 12.9. The first-order valence-electron chi connectivity index (χ1n) is 6.22. The molecule has 0 saturated heterocycles. The second-order valence-corrected chi connectivity index (χ2v) is 5.72. The van der Waals surface area contributed by atoms with Crippen LogP contribution in [0.1, 0.15) is 27.7 Å². The molecule has 0 radical (unpaired) electrons. The average Bonchev–Trinajstić information content (AvgIpc) is 2.73. The summed E-state index contributed by atoms with van der Waals surface area (Å²) in [6, 6.07) is 5.47. The van der Waals surface area contributed by atoms with Crippen LogP contribution in [0.5, 0.6) is 0 Å². The van der Waals surface area contributed by atoms with Crippen LogP contribution in [0.25, 0.3) is 10.9 Å². The smallest absolute Gasteiger partial charge is 0.423 e. The lowest BCUT2D eigenvalue weighted by Crippen LogP contribution is -2.53. The van der Waals surface area contributed by atoms with Crippen LogP contribution in [0, 0.1) is 0 Å². The van der Waals surface area contributed by atoms with E-state index in [1.807, 2.05) is 12.1 Å². The molecule has 2 rings (SSSR count). The fraction of sp³-hybridized carbons (Fsp3) is 0.462. The predicted octanol–water partition coefficient (Wildman–Crippen LogP) is 0.816. The van der Waals surface area contributed by atoms with Crippen LogP contribution >= 0.6 is 0 Å². The van der Waals surface area contributed by atoms with Gasteiger partial charge in [-0.3, -0.25) is 5.10 Å². The molecule has 1 aromatic heterocycles. The molecule has 3 N–H and O–H groups in total. The molecule has 1 aromatic carbocycles. The summed E-state index contributed by atoms with van der Waals surface area (Å²) in [5.41, 5.74) is -0.499. The molecule has 0 fully saturated rings. The van der Waals surface area contributed by atoms with Gasteiger partial charge in [-0.15, -0.1) is 0 Å². The van der Waals surface area contributed by atoms with E-state index in [1.54, 1.807) is 40.0 Å². The van der Waals surface area contributed by atoms with Gasteiger partial charge in [-0.05, 0) is 39.2 Å². The summed E-state index contributed by atoms with van der Waals surface area (Å²) in [4.78, 5) is 0. The van der Waals surface area contributed by atoms with Crippen molar-refractivity contribution in [1.82, 2.24) is 10.2 Å². The molecule has 102 valence electrons. The monoisotopic (exact) mass is 262 g/mol. The van der Waals surface area contributed by atoms with Gasteiger partial charge >= 0.3 is 7.12 Å². The first-order chi connectivity index (χ1) is 8.72. The van der Waals surface area contributed by atoms with Crippen molar-refractivity contribution in [1.29, 1.82) is 0 Å². The minimum absolute atomic E-state index is 0.628. The van der Waals surface area contributed by atoms with Crippen LogP contribution in [0.15, 0.2) is 24.4 Å². The Morgan fingerprint density at radius 1 is 1.26 bits per heavy atom. The molecule has 0 aliphatic heterocycles.